The van der Waals surface area contributed by atoms with Crippen molar-refractivity contribution in [2.24, 2.45) is 5.92 Å². The monoisotopic (exact) mass is 354 g/mol. The van der Waals surface area contributed by atoms with Gasteiger partial charge in [0.1, 0.15) is 4.21 Å². The van der Waals surface area contributed by atoms with Crippen molar-refractivity contribution in [1.29, 1.82) is 0 Å². The van der Waals surface area contributed by atoms with Gasteiger partial charge in [-0.25, -0.2) is 13.1 Å². The van der Waals surface area contributed by atoms with Crippen LogP contribution in [-0.4, -0.2) is 31.1 Å². The van der Waals surface area contributed by atoms with E-state index < -0.39 is 20.6 Å². The fraction of sp³-hybridized carbons (Fsp3) is 0.636. The van der Waals surface area contributed by atoms with Gasteiger partial charge in [0, 0.05) is 12.6 Å². The second-order valence-corrected chi connectivity index (χ2v) is 8.66. The van der Waals surface area contributed by atoms with Crippen LogP contribution in [0.1, 0.15) is 25.7 Å². The minimum absolute atomic E-state index is 0.152. The normalized spacial score (nSPS) is 23.1. The zero-order valence-electron chi connectivity index (χ0n) is 11.0. The first-order valence-electron chi connectivity index (χ1n) is 6.41. The smallest absolute Gasteiger partial charge is 0.300 e. The molecule has 0 radical (unpaired) electrons. The highest BCUT2D eigenvalue weighted by atomic mass is 35.5. The molecule has 10 heteroatoms. The predicted octanol–water partition coefficient (Wildman–Crippen LogP) is 2.14. The topological polar surface area (TPSA) is 110 Å². The molecule has 1 aliphatic rings. The number of hydrogen-bond acceptors (Lipinski definition) is 6. The molecule has 0 unspecified atom stereocenters. The molecule has 0 aromatic carbocycles. The van der Waals surface area contributed by atoms with Gasteiger partial charge in [-0.15, -0.1) is 11.3 Å². The van der Waals surface area contributed by atoms with Gasteiger partial charge in [0.05, 0.1) is 11.0 Å². The molecule has 1 fully saturated rings. The SMILES string of the molecule is O=[N+]([O-])c1cc(S(=O)(=O)NCC2CCC(O)CC2)sc1Cl. The summed E-state index contributed by atoms with van der Waals surface area (Å²) in [6.07, 6.45) is 2.56. The Morgan fingerprint density at radius 1 is 1.43 bits per heavy atom. The summed E-state index contributed by atoms with van der Waals surface area (Å²) in [6.45, 7) is 0.262. The Morgan fingerprint density at radius 2 is 2.05 bits per heavy atom. The summed E-state index contributed by atoms with van der Waals surface area (Å²) >= 11 is 6.34. The first kappa shape index (κ1) is 16.6. The Balaban J connectivity index is 2.02. The zero-order chi connectivity index (χ0) is 15.6. The van der Waals surface area contributed by atoms with Crippen LogP contribution >= 0.6 is 22.9 Å². The van der Waals surface area contributed by atoms with Gasteiger partial charge in [-0.05, 0) is 31.6 Å². The lowest BCUT2D eigenvalue weighted by Gasteiger charge is -2.25. The minimum atomic E-state index is -3.79. The second kappa shape index (κ2) is 6.57. The molecule has 1 aromatic heterocycles. The molecule has 0 spiro atoms. The maximum absolute atomic E-state index is 12.1. The highest BCUT2D eigenvalue weighted by Crippen LogP contribution is 2.36. The molecule has 1 aromatic rings. The summed E-state index contributed by atoms with van der Waals surface area (Å²) in [7, 11) is -3.79. The summed E-state index contributed by atoms with van der Waals surface area (Å²) in [5.74, 6) is 0.175. The number of halogens is 1. The molecule has 0 atom stereocenters. The van der Waals surface area contributed by atoms with Crippen LogP contribution in [0.25, 0.3) is 0 Å². The van der Waals surface area contributed by atoms with Crippen molar-refractivity contribution < 1.29 is 18.4 Å². The molecule has 21 heavy (non-hydrogen) atoms. The zero-order valence-corrected chi connectivity index (χ0v) is 13.4. The van der Waals surface area contributed by atoms with E-state index in [0.717, 1.165) is 18.9 Å². The molecule has 2 N–H and O–H groups in total. The van der Waals surface area contributed by atoms with Crippen molar-refractivity contribution in [2.45, 2.75) is 36.0 Å². The molecule has 2 rings (SSSR count). The van der Waals surface area contributed by atoms with Gasteiger partial charge in [0.15, 0.2) is 4.34 Å². The highest BCUT2D eigenvalue weighted by Gasteiger charge is 2.27. The lowest BCUT2D eigenvalue weighted by Crippen LogP contribution is -2.31. The number of aliphatic hydroxyl groups excluding tert-OH is 1. The van der Waals surface area contributed by atoms with E-state index in [-0.39, 0.29) is 27.1 Å². The van der Waals surface area contributed by atoms with E-state index in [4.69, 9.17) is 11.6 Å². The fourth-order valence-electron chi connectivity index (χ4n) is 2.24. The van der Waals surface area contributed by atoms with E-state index in [1.54, 1.807) is 0 Å². The lowest BCUT2D eigenvalue weighted by molar-refractivity contribution is -0.384. The highest BCUT2D eigenvalue weighted by molar-refractivity contribution is 7.91. The number of nitrogens with one attached hydrogen (secondary N) is 1. The van der Waals surface area contributed by atoms with Gasteiger partial charge < -0.3 is 5.11 Å². The van der Waals surface area contributed by atoms with Crippen LogP contribution in [0.15, 0.2) is 10.3 Å². The molecule has 1 saturated carbocycles. The first-order chi connectivity index (χ1) is 9.79. The number of nitrogens with zero attached hydrogens (tertiary/aromatic N) is 1. The Kier molecular flexibility index (Phi) is 5.20. The number of nitro groups is 1. The van der Waals surface area contributed by atoms with Crippen LogP contribution in [0.2, 0.25) is 4.34 Å². The van der Waals surface area contributed by atoms with Crippen molar-refractivity contribution >= 4 is 38.6 Å². The quantitative estimate of drug-likeness (QED) is 0.621. The van der Waals surface area contributed by atoms with Crippen molar-refractivity contribution in [3.05, 3.63) is 20.5 Å². The van der Waals surface area contributed by atoms with E-state index >= 15 is 0 Å². The van der Waals surface area contributed by atoms with E-state index in [1.165, 1.54) is 0 Å². The Hall–Kier alpha value is -0.740. The molecule has 0 bridgehead atoms. The number of rotatable bonds is 5. The van der Waals surface area contributed by atoms with Gasteiger partial charge in [-0.3, -0.25) is 10.1 Å². The largest absolute Gasteiger partial charge is 0.393 e. The summed E-state index contributed by atoms with van der Waals surface area (Å²) < 4.78 is 26.3. The third-order valence-electron chi connectivity index (χ3n) is 3.49. The maximum atomic E-state index is 12.1. The molecule has 7 nitrogen and oxygen atoms in total. The fourth-order valence-corrected chi connectivity index (χ4v) is 5.07. The predicted molar refractivity (Wildman–Crippen MR) is 79.1 cm³/mol. The molecule has 1 heterocycles. The molecular formula is C11H15ClN2O5S2. The molecule has 0 amide bonds. The van der Waals surface area contributed by atoms with Gasteiger partial charge in [0.25, 0.3) is 5.69 Å². The number of thiophene rings is 1. The van der Waals surface area contributed by atoms with E-state index in [9.17, 15) is 23.6 Å². The van der Waals surface area contributed by atoms with Crippen LogP contribution in [0.4, 0.5) is 5.69 Å². The minimum Gasteiger partial charge on any atom is -0.393 e. The van der Waals surface area contributed by atoms with Crippen molar-refractivity contribution in [1.82, 2.24) is 4.72 Å². The molecular weight excluding hydrogens is 340 g/mol. The molecule has 118 valence electrons. The van der Waals surface area contributed by atoms with Crippen LogP contribution in [0.5, 0.6) is 0 Å². The standard InChI is InChI=1S/C11H15ClN2O5S2/c12-11-9(14(16)17)5-10(20-11)21(18,19)13-6-7-1-3-8(15)4-2-7/h5,7-8,13,15H,1-4,6H2. The number of sulfonamides is 1. The van der Waals surface area contributed by atoms with Crippen LogP contribution < -0.4 is 4.72 Å². The lowest BCUT2D eigenvalue weighted by atomic mass is 9.88. The number of hydrogen-bond donors (Lipinski definition) is 2. The summed E-state index contributed by atoms with van der Waals surface area (Å²) in [4.78, 5) is 9.98. The van der Waals surface area contributed by atoms with Gasteiger partial charge >= 0.3 is 0 Å². The van der Waals surface area contributed by atoms with E-state index in [1.807, 2.05) is 0 Å². The third-order valence-corrected chi connectivity index (χ3v) is 6.72. The van der Waals surface area contributed by atoms with Crippen molar-refractivity contribution in [2.75, 3.05) is 6.54 Å². The third kappa shape index (κ3) is 4.13. The first-order valence-corrected chi connectivity index (χ1v) is 9.09. The van der Waals surface area contributed by atoms with Gasteiger partial charge in [-0.2, -0.15) is 0 Å². The Bertz CT molecular complexity index is 623. The van der Waals surface area contributed by atoms with Gasteiger partial charge in [0.2, 0.25) is 10.0 Å². The summed E-state index contributed by atoms with van der Waals surface area (Å²) in [5, 5.41) is 20.1. The second-order valence-electron chi connectivity index (χ2n) is 5.01. The van der Waals surface area contributed by atoms with Gasteiger partial charge in [-0.1, -0.05) is 11.6 Å². The van der Waals surface area contributed by atoms with Crippen molar-refractivity contribution in [3.8, 4) is 0 Å². The molecule has 0 aliphatic heterocycles. The maximum Gasteiger partial charge on any atom is 0.300 e. The van der Waals surface area contributed by atoms with Crippen LogP contribution in [-0.2, 0) is 10.0 Å². The summed E-state index contributed by atoms with van der Waals surface area (Å²) in [5.41, 5.74) is -0.400. The number of aliphatic hydroxyl groups is 1. The van der Waals surface area contributed by atoms with Crippen LogP contribution in [0.3, 0.4) is 0 Å². The van der Waals surface area contributed by atoms with E-state index in [0.29, 0.717) is 24.2 Å². The Labute approximate surface area is 131 Å². The van der Waals surface area contributed by atoms with E-state index in [2.05, 4.69) is 4.72 Å². The summed E-state index contributed by atoms with van der Waals surface area (Å²) in [6, 6.07) is 0.972. The Morgan fingerprint density at radius 3 is 2.57 bits per heavy atom. The molecule has 1 aliphatic carbocycles. The average molecular weight is 355 g/mol. The van der Waals surface area contributed by atoms with Crippen molar-refractivity contribution in [3.63, 3.8) is 0 Å². The van der Waals surface area contributed by atoms with Crippen LogP contribution in [0, 0.1) is 16.0 Å². The average Bonchev–Trinajstić information content (AvgIpc) is 2.81. The molecule has 0 saturated heterocycles.